The minimum Gasteiger partial charge on any atom is -0.485 e. The third-order valence-corrected chi connectivity index (χ3v) is 7.80. The summed E-state index contributed by atoms with van der Waals surface area (Å²) in [5.41, 5.74) is 4.21. The molecule has 0 N–H and O–H groups in total. The van der Waals surface area contributed by atoms with Gasteiger partial charge in [-0.05, 0) is 55.4 Å². The van der Waals surface area contributed by atoms with Gasteiger partial charge in [-0.2, -0.15) is 0 Å². The van der Waals surface area contributed by atoms with E-state index in [0.717, 1.165) is 82.6 Å². The molecule has 1 aliphatic carbocycles. The Labute approximate surface area is 165 Å². The van der Waals surface area contributed by atoms with Crippen LogP contribution in [0.3, 0.4) is 0 Å². The largest absolute Gasteiger partial charge is 0.485 e. The van der Waals surface area contributed by atoms with E-state index in [1.165, 1.54) is 11.1 Å². The number of amides is 1. The molecule has 2 fully saturated rings. The number of likely N-dealkylation sites (tertiary alicyclic amines) is 1. The van der Waals surface area contributed by atoms with Gasteiger partial charge in [0.05, 0.1) is 11.9 Å². The van der Waals surface area contributed by atoms with Crippen LogP contribution in [-0.2, 0) is 11.2 Å². The summed E-state index contributed by atoms with van der Waals surface area (Å²) < 4.78 is 8.78. The zero-order valence-corrected chi connectivity index (χ0v) is 16.8. The van der Waals surface area contributed by atoms with Gasteiger partial charge in [0.2, 0.25) is 6.41 Å². The second kappa shape index (κ2) is 6.52. The fourth-order valence-electron chi connectivity index (χ4n) is 5.53. The lowest BCUT2D eigenvalue weighted by atomic mass is 9.54. The Morgan fingerprint density at radius 1 is 1.26 bits per heavy atom. The number of hydrogen-bond acceptors (Lipinski definition) is 5. The van der Waals surface area contributed by atoms with Crippen molar-refractivity contribution in [3.63, 3.8) is 0 Å². The first kappa shape index (κ1) is 17.6. The van der Waals surface area contributed by atoms with Crippen molar-refractivity contribution in [3.05, 3.63) is 29.6 Å². The number of nitrogens with zero attached hydrogens (tertiary/aromatic N) is 3. The monoisotopic (exact) mass is 385 g/mol. The van der Waals surface area contributed by atoms with Crippen molar-refractivity contribution in [2.45, 2.75) is 44.1 Å². The second-order valence-corrected chi connectivity index (χ2v) is 9.57. The Morgan fingerprint density at radius 2 is 2.07 bits per heavy atom. The van der Waals surface area contributed by atoms with Crippen molar-refractivity contribution >= 4 is 23.9 Å². The number of fused-ring (bicyclic) bond motifs is 1. The van der Waals surface area contributed by atoms with Crippen molar-refractivity contribution < 1.29 is 9.53 Å². The Balaban J connectivity index is 1.27. The maximum atomic E-state index is 11.0. The van der Waals surface area contributed by atoms with Crippen LogP contribution >= 0.6 is 11.9 Å². The van der Waals surface area contributed by atoms with E-state index < -0.39 is 0 Å². The van der Waals surface area contributed by atoms with E-state index >= 15 is 0 Å². The van der Waals surface area contributed by atoms with E-state index in [0.29, 0.717) is 5.41 Å². The molecule has 5 rings (SSSR count). The Kier molecular flexibility index (Phi) is 4.24. The predicted molar refractivity (Wildman–Crippen MR) is 108 cm³/mol. The zero-order chi connectivity index (χ0) is 18.5. The Morgan fingerprint density at radius 3 is 2.74 bits per heavy atom. The van der Waals surface area contributed by atoms with Gasteiger partial charge in [-0.1, -0.05) is 18.0 Å². The molecule has 0 atom stereocenters. The molecule has 4 aliphatic rings. The van der Waals surface area contributed by atoms with Crippen molar-refractivity contribution in [2.24, 2.45) is 5.41 Å². The summed E-state index contributed by atoms with van der Waals surface area (Å²) in [6.07, 6.45) is 14.0. The van der Waals surface area contributed by atoms with E-state index in [1.54, 1.807) is 0 Å². The van der Waals surface area contributed by atoms with Gasteiger partial charge in [0, 0.05) is 38.2 Å². The van der Waals surface area contributed by atoms with Crippen molar-refractivity contribution in [3.8, 4) is 5.75 Å². The van der Waals surface area contributed by atoms with Gasteiger partial charge in [0.15, 0.2) is 0 Å². The third-order valence-electron chi connectivity index (χ3n) is 6.95. The lowest BCUT2D eigenvalue weighted by Gasteiger charge is -2.56. The highest BCUT2D eigenvalue weighted by atomic mass is 32.2. The van der Waals surface area contributed by atoms with Crippen LogP contribution in [0.25, 0.3) is 5.57 Å². The van der Waals surface area contributed by atoms with Crippen LogP contribution in [-0.4, -0.2) is 58.6 Å². The number of hydrogen-bond donors (Lipinski definition) is 0. The van der Waals surface area contributed by atoms with Crippen molar-refractivity contribution in [2.75, 3.05) is 32.4 Å². The summed E-state index contributed by atoms with van der Waals surface area (Å²) >= 11 is 1.81. The molecule has 0 aromatic carbocycles. The standard InChI is InChI=1S/C21H27N3O2S/c1-27-24-6-2-16(3-7-24)18-10-17-11-21(26-19(17)12-22-18)13-20(14-21)4-8-23(15-25)9-5-20/h2,10,12,15H,3-9,11,13-14H2,1H3. The zero-order valence-electron chi connectivity index (χ0n) is 15.9. The molecule has 5 nitrogen and oxygen atoms in total. The molecule has 3 aliphatic heterocycles. The van der Waals surface area contributed by atoms with Gasteiger partial charge >= 0.3 is 0 Å². The quantitative estimate of drug-likeness (QED) is 0.591. The molecule has 1 amide bonds. The van der Waals surface area contributed by atoms with E-state index in [2.05, 4.69) is 22.7 Å². The van der Waals surface area contributed by atoms with Crippen LogP contribution in [0, 0.1) is 5.41 Å². The second-order valence-electron chi connectivity index (χ2n) is 8.68. The fourth-order valence-corrected chi connectivity index (χ4v) is 6.02. The van der Waals surface area contributed by atoms with E-state index in [4.69, 9.17) is 9.72 Å². The number of aromatic nitrogens is 1. The minimum absolute atomic E-state index is 0.0113. The van der Waals surface area contributed by atoms with Crippen LogP contribution in [0.5, 0.6) is 5.75 Å². The molecule has 0 radical (unpaired) electrons. The molecule has 1 aromatic rings. The van der Waals surface area contributed by atoms with Crippen molar-refractivity contribution in [1.82, 2.24) is 14.2 Å². The molecule has 1 saturated carbocycles. The molecule has 4 heterocycles. The molecular formula is C21H27N3O2S. The number of carbonyl (C=O) groups is 1. The SMILES string of the molecule is CSN1CC=C(c2cc3c(cn2)OC2(C3)CC3(CCN(C=O)CC3)C2)CC1. The number of piperidine rings is 1. The van der Waals surface area contributed by atoms with E-state index in [-0.39, 0.29) is 5.60 Å². The summed E-state index contributed by atoms with van der Waals surface area (Å²) in [5, 5.41) is 0. The summed E-state index contributed by atoms with van der Waals surface area (Å²) in [5.74, 6) is 0.987. The summed E-state index contributed by atoms with van der Waals surface area (Å²) in [7, 11) is 0. The first-order chi connectivity index (χ1) is 13.1. The molecule has 1 aromatic heterocycles. The predicted octanol–water partition coefficient (Wildman–Crippen LogP) is 3.15. The normalized spacial score (nSPS) is 25.7. The van der Waals surface area contributed by atoms with Crippen LogP contribution in [0.1, 0.15) is 43.4 Å². The van der Waals surface area contributed by atoms with Crippen LogP contribution < -0.4 is 4.74 Å². The lowest BCUT2D eigenvalue weighted by Crippen LogP contribution is -2.58. The third kappa shape index (κ3) is 3.07. The molecule has 6 heteroatoms. The van der Waals surface area contributed by atoms with Gasteiger partial charge in [-0.15, -0.1) is 0 Å². The minimum atomic E-state index is -0.0113. The summed E-state index contributed by atoms with van der Waals surface area (Å²) in [6.45, 7) is 3.89. The van der Waals surface area contributed by atoms with Crippen LogP contribution in [0.4, 0.5) is 0 Å². The highest BCUT2D eigenvalue weighted by molar-refractivity contribution is 7.96. The molecule has 144 valence electrons. The fraction of sp³-hybridized carbons (Fsp3) is 0.619. The lowest BCUT2D eigenvalue weighted by molar-refractivity contribution is -0.134. The van der Waals surface area contributed by atoms with Crippen LogP contribution in [0.2, 0.25) is 0 Å². The van der Waals surface area contributed by atoms with Gasteiger partial charge in [0.25, 0.3) is 0 Å². The molecule has 2 spiro atoms. The first-order valence-corrected chi connectivity index (χ1v) is 11.2. The average Bonchev–Trinajstić information content (AvgIpc) is 3.06. The molecule has 27 heavy (non-hydrogen) atoms. The van der Waals surface area contributed by atoms with Gasteiger partial charge in [-0.25, -0.2) is 4.31 Å². The average molecular weight is 386 g/mol. The van der Waals surface area contributed by atoms with Crippen LogP contribution in [0.15, 0.2) is 18.3 Å². The van der Waals surface area contributed by atoms with E-state index in [1.807, 2.05) is 23.0 Å². The van der Waals surface area contributed by atoms with E-state index in [9.17, 15) is 4.79 Å². The van der Waals surface area contributed by atoms with Crippen molar-refractivity contribution in [1.29, 1.82) is 0 Å². The van der Waals surface area contributed by atoms with Gasteiger partial charge in [0.1, 0.15) is 11.4 Å². The smallest absolute Gasteiger partial charge is 0.209 e. The van der Waals surface area contributed by atoms with Gasteiger partial charge < -0.3 is 9.64 Å². The molecule has 0 bridgehead atoms. The molecule has 0 unspecified atom stereocenters. The first-order valence-electron chi connectivity index (χ1n) is 9.98. The maximum absolute atomic E-state index is 11.0. The topological polar surface area (TPSA) is 45.7 Å². The Hall–Kier alpha value is -1.53. The molecule has 1 saturated heterocycles. The summed E-state index contributed by atoms with van der Waals surface area (Å²) in [4.78, 5) is 17.6. The number of rotatable bonds is 3. The Bertz CT molecular complexity index is 778. The van der Waals surface area contributed by atoms with Gasteiger partial charge in [-0.3, -0.25) is 9.78 Å². The number of pyridine rings is 1. The summed E-state index contributed by atoms with van der Waals surface area (Å²) in [6, 6.07) is 2.27. The molecular weight excluding hydrogens is 358 g/mol. The highest BCUT2D eigenvalue weighted by Gasteiger charge is 2.59. The maximum Gasteiger partial charge on any atom is 0.209 e. The number of carbonyl (C=O) groups excluding carboxylic acids is 1. The number of ether oxygens (including phenoxy) is 1. The highest BCUT2D eigenvalue weighted by Crippen LogP contribution is 2.60.